The lowest BCUT2D eigenvalue weighted by Gasteiger charge is -2.31. The first-order valence-corrected chi connectivity index (χ1v) is 11.9. The lowest BCUT2D eigenvalue weighted by molar-refractivity contribution is -0.274. The number of aromatic amines is 1. The predicted molar refractivity (Wildman–Crippen MR) is 119 cm³/mol. The number of alkyl halides is 3. The van der Waals surface area contributed by atoms with E-state index in [-0.39, 0.29) is 5.75 Å². The van der Waals surface area contributed by atoms with Gasteiger partial charge in [-0.25, -0.2) is 14.3 Å². The molecular formula is C23H25F3N4O2S. The Morgan fingerprint density at radius 1 is 1.00 bits per heavy atom. The molecule has 0 radical (unpaired) electrons. The second-order valence-electron chi connectivity index (χ2n) is 8.42. The van der Waals surface area contributed by atoms with Crippen LogP contribution >= 0.6 is 11.9 Å². The number of pyridine rings is 1. The van der Waals surface area contributed by atoms with Crippen molar-refractivity contribution < 1.29 is 22.6 Å². The molecule has 0 saturated carbocycles. The van der Waals surface area contributed by atoms with E-state index in [0.29, 0.717) is 11.8 Å². The number of nitrogens with one attached hydrogen (secondary N) is 1. The number of imidazole rings is 1. The smallest absolute Gasteiger partial charge is 0.406 e. The Morgan fingerprint density at radius 3 is 2.42 bits per heavy atom. The van der Waals surface area contributed by atoms with E-state index in [1.807, 2.05) is 6.20 Å². The summed E-state index contributed by atoms with van der Waals surface area (Å²) in [7, 11) is 0. The Hall–Kier alpha value is -2.30. The van der Waals surface area contributed by atoms with Gasteiger partial charge in [-0.2, -0.15) is 0 Å². The summed E-state index contributed by atoms with van der Waals surface area (Å²) in [4.78, 5) is 13.8. The van der Waals surface area contributed by atoms with Gasteiger partial charge in [0, 0.05) is 43.3 Å². The fraction of sp³-hybridized carbons (Fsp3) is 0.478. The van der Waals surface area contributed by atoms with Gasteiger partial charge in [-0.3, -0.25) is 0 Å². The molecule has 0 aliphatic carbocycles. The number of rotatable bonds is 5. The van der Waals surface area contributed by atoms with Crippen LogP contribution in [0.4, 0.5) is 13.2 Å². The molecule has 0 amide bonds. The van der Waals surface area contributed by atoms with E-state index in [9.17, 15) is 13.2 Å². The van der Waals surface area contributed by atoms with Crippen molar-refractivity contribution in [2.24, 2.45) is 0 Å². The molecule has 0 spiro atoms. The van der Waals surface area contributed by atoms with E-state index in [1.54, 1.807) is 24.1 Å². The van der Waals surface area contributed by atoms with Crippen molar-refractivity contribution in [1.82, 2.24) is 19.3 Å². The normalized spacial score (nSPS) is 19.2. The number of aromatic nitrogens is 3. The van der Waals surface area contributed by atoms with E-state index in [4.69, 9.17) is 9.72 Å². The highest BCUT2D eigenvalue weighted by molar-refractivity contribution is 7.97. The van der Waals surface area contributed by atoms with Crippen molar-refractivity contribution >= 4 is 23.1 Å². The lowest BCUT2D eigenvalue weighted by atomic mass is 9.90. The predicted octanol–water partition coefficient (Wildman–Crippen LogP) is 5.64. The minimum absolute atomic E-state index is 0.202. The van der Waals surface area contributed by atoms with Crippen LogP contribution in [0.1, 0.15) is 48.9 Å². The average molecular weight is 479 g/mol. The van der Waals surface area contributed by atoms with Crippen molar-refractivity contribution in [3.63, 3.8) is 0 Å². The summed E-state index contributed by atoms with van der Waals surface area (Å²) < 4.78 is 48.7. The van der Waals surface area contributed by atoms with Crippen molar-refractivity contribution in [2.45, 2.75) is 48.8 Å². The summed E-state index contributed by atoms with van der Waals surface area (Å²) in [5.74, 6) is 1.61. The Balaban J connectivity index is 1.21. The average Bonchev–Trinajstić information content (AvgIpc) is 3.25. The van der Waals surface area contributed by atoms with Crippen molar-refractivity contribution in [3.05, 3.63) is 47.9 Å². The summed E-state index contributed by atoms with van der Waals surface area (Å²) in [5.41, 5.74) is 3.07. The van der Waals surface area contributed by atoms with Gasteiger partial charge in [0.2, 0.25) is 0 Å². The van der Waals surface area contributed by atoms with Crippen LogP contribution in [0.3, 0.4) is 0 Å². The molecule has 2 aliphatic heterocycles. The molecule has 4 heterocycles. The van der Waals surface area contributed by atoms with Crippen LogP contribution in [0, 0.1) is 0 Å². The molecule has 5 rings (SSSR count). The molecule has 0 atom stereocenters. The van der Waals surface area contributed by atoms with Gasteiger partial charge in [-0.15, -0.1) is 13.2 Å². The maximum atomic E-state index is 12.3. The molecule has 3 aromatic rings. The van der Waals surface area contributed by atoms with Crippen LogP contribution in [0.5, 0.6) is 5.75 Å². The third-order valence-electron chi connectivity index (χ3n) is 6.23. The molecule has 33 heavy (non-hydrogen) atoms. The molecule has 0 unspecified atom stereocenters. The lowest BCUT2D eigenvalue weighted by Crippen LogP contribution is -2.27. The highest BCUT2D eigenvalue weighted by atomic mass is 32.2. The molecule has 6 nitrogen and oxygen atoms in total. The molecule has 2 aliphatic rings. The van der Waals surface area contributed by atoms with Crippen LogP contribution < -0.4 is 4.74 Å². The monoisotopic (exact) mass is 478 g/mol. The summed E-state index contributed by atoms with van der Waals surface area (Å²) in [6.45, 7) is 3.32. The van der Waals surface area contributed by atoms with Gasteiger partial charge in [-0.05, 0) is 79.4 Å². The maximum Gasteiger partial charge on any atom is 0.573 e. The highest BCUT2D eigenvalue weighted by Gasteiger charge is 2.31. The van der Waals surface area contributed by atoms with E-state index in [2.05, 4.69) is 25.1 Å². The number of halogens is 3. The summed E-state index contributed by atoms with van der Waals surface area (Å²) >= 11 is 1.57. The number of hydrogen-bond acceptors (Lipinski definition) is 6. The van der Waals surface area contributed by atoms with Crippen LogP contribution in [-0.4, -0.2) is 51.9 Å². The van der Waals surface area contributed by atoms with Gasteiger partial charge in [0.25, 0.3) is 0 Å². The third-order valence-corrected chi connectivity index (χ3v) is 7.33. The van der Waals surface area contributed by atoms with Gasteiger partial charge in [0.15, 0.2) is 5.65 Å². The summed E-state index contributed by atoms with van der Waals surface area (Å²) in [6, 6.07) is 8.11. The molecule has 1 aromatic carbocycles. The van der Waals surface area contributed by atoms with Crippen LogP contribution in [0.2, 0.25) is 0 Å². The second kappa shape index (κ2) is 9.52. The highest BCUT2D eigenvalue weighted by Crippen LogP contribution is 2.37. The van der Waals surface area contributed by atoms with Gasteiger partial charge < -0.3 is 14.5 Å². The Kier molecular flexibility index (Phi) is 6.49. The number of ether oxygens (including phenoxy) is 2. The minimum Gasteiger partial charge on any atom is -0.406 e. The maximum absolute atomic E-state index is 12.3. The quantitative estimate of drug-likeness (QED) is 0.479. The number of fused-ring (bicyclic) bond motifs is 1. The third kappa shape index (κ3) is 5.44. The standard InChI is InChI=1S/C23H25F3N4O2S/c24-23(25,26)32-17-1-3-18(4-2-17)33-30-11-6-15(7-12-30)19-5-10-27-22-20(19)28-21(29-22)16-8-13-31-14-9-16/h1-5,10,15-16H,6-9,11-14H2,(H,27,28,29). The van der Waals surface area contributed by atoms with E-state index in [0.717, 1.165) is 73.9 Å². The second-order valence-corrected chi connectivity index (χ2v) is 9.59. The molecule has 10 heteroatoms. The van der Waals surface area contributed by atoms with Gasteiger partial charge in [0.1, 0.15) is 17.1 Å². The minimum atomic E-state index is -4.67. The van der Waals surface area contributed by atoms with Gasteiger partial charge in [-0.1, -0.05) is 0 Å². The molecule has 176 valence electrons. The van der Waals surface area contributed by atoms with Crippen LogP contribution in [0.15, 0.2) is 41.4 Å². The van der Waals surface area contributed by atoms with Crippen LogP contribution in [-0.2, 0) is 4.74 Å². The van der Waals surface area contributed by atoms with Crippen molar-refractivity contribution in [3.8, 4) is 5.75 Å². The molecular weight excluding hydrogens is 453 g/mol. The summed E-state index contributed by atoms with van der Waals surface area (Å²) in [6.07, 6.45) is 1.12. The number of nitrogens with zero attached hydrogens (tertiary/aromatic N) is 3. The first-order valence-electron chi connectivity index (χ1n) is 11.2. The van der Waals surface area contributed by atoms with Crippen molar-refractivity contribution in [1.29, 1.82) is 0 Å². The SMILES string of the molecule is FC(F)(F)Oc1ccc(SN2CCC(c3ccnc4[nH]c(C5CCOCC5)nc34)CC2)cc1. The fourth-order valence-electron chi connectivity index (χ4n) is 4.55. The van der Waals surface area contributed by atoms with Gasteiger partial charge in [0.05, 0.1) is 0 Å². The first kappa shape index (κ1) is 22.5. The molecule has 2 aromatic heterocycles. The number of benzene rings is 1. The Bertz CT molecular complexity index is 1080. The van der Waals surface area contributed by atoms with E-state index in [1.165, 1.54) is 17.7 Å². The zero-order valence-corrected chi connectivity index (χ0v) is 18.8. The molecule has 2 saturated heterocycles. The molecule has 1 N–H and O–H groups in total. The van der Waals surface area contributed by atoms with Gasteiger partial charge >= 0.3 is 6.36 Å². The zero-order chi connectivity index (χ0) is 22.8. The largest absolute Gasteiger partial charge is 0.573 e. The molecule has 0 bridgehead atoms. The fourth-order valence-corrected chi connectivity index (χ4v) is 5.50. The van der Waals surface area contributed by atoms with Crippen LogP contribution in [0.25, 0.3) is 11.2 Å². The Morgan fingerprint density at radius 2 is 1.73 bits per heavy atom. The summed E-state index contributed by atoms with van der Waals surface area (Å²) in [5, 5.41) is 0. The zero-order valence-electron chi connectivity index (χ0n) is 18.0. The van der Waals surface area contributed by atoms with Crippen molar-refractivity contribution in [2.75, 3.05) is 26.3 Å². The number of H-pyrrole nitrogens is 1. The topological polar surface area (TPSA) is 63.3 Å². The van der Waals surface area contributed by atoms with E-state index < -0.39 is 6.36 Å². The first-order chi connectivity index (χ1) is 15.9. The number of hydrogen-bond donors (Lipinski definition) is 1. The number of piperidine rings is 1. The Labute approximate surface area is 194 Å². The van der Waals surface area contributed by atoms with E-state index >= 15 is 0 Å². The molecule has 2 fully saturated rings.